The zero-order valence-electron chi connectivity index (χ0n) is 15.0. The number of carbonyl (C=O) groups is 2. The first kappa shape index (κ1) is 20.8. The second-order valence-corrected chi connectivity index (χ2v) is 7.58. The van der Waals surface area contributed by atoms with Crippen molar-refractivity contribution in [1.82, 2.24) is 0 Å². The lowest BCUT2D eigenvalue weighted by Gasteiger charge is -2.09. The summed E-state index contributed by atoms with van der Waals surface area (Å²) in [5, 5.41) is 13.2. The Morgan fingerprint density at radius 2 is 1.89 bits per heavy atom. The molecule has 11 heteroatoms. The van der Waals surface area contributed by atoms with Crippen molar-refractivity contribution in [2.45, 2.75) is 6.92 Å². The van der Waals surface area contributed by atoms with Gasteiger partial charge in [0.2, 0.25) is 10.0 Å². The Bertz CT molecular complexity index is 1030. The Hall–Kier alpha value is -3.47. The van der Waals surface area contributed by atoms with E-state index < -0.39 is 33.4 Å². The summed E-state index contributed by atoms with van der Waals surface area (Å²) in [7, 11) is -3.50. The topological polar surface area (TPSA) is 145 Å². The van der Waals surface area contributed by atoms with Crippen molar-refractivity contribution in [2.75, 3.05) is 22.9 Å². The van der Waals surface area contributed by atoms with Gasteiger partial charge in [0.1, 0.15) is 0 Å². The number of aryl methyl sites for hydroxylation is 1. The molecule has 2 rings (SSSR count). The van der Waals surface area contributed by atoms with Crippen LogP contribution in [-0.2, 0) is 19.6 Å². The predicted octanol–water partition coefficient (Wildman–Crippen LogP) is 2.07. The minimum Gasteiger partial charge on any atom is -0.452 e. The van der Waals surface area contributed by atoms with Gasteiger partial charge in [0.25, 0.3) is 11.6 Å². The highest BCUT2D eigenvalue weighted by molar-refractivity contribution is 7.92. The molecule has 0 aromatic heterocycles. The van der Waals surface area contributed by atoms with Crippen molar-refractivity contribution >= 4 is 39.0 Å². The molecule has 0 heterocycles. The van der Waals surface area contributed by atoms with E-state index in [-0.39, 0.29) is 16.9 Å². The number of nitrogens with one attached hydrogen (secondary N) is 2. The molecule has 0 aliphatic rings. The highest BCUT2D eigenvalue weighted by Crippen LogP contribution is 2.21. The van der Waals surface area contributed by atoms with Gasteiger partial charge in [-0.3, -0.25) is 19.6 Å². The van der Waals surface area contributed by atoms with E-state index in [1.807, 2.05) is 0 Å². The van der Waals surface area contributed by atoms with Crippen LogP contribution in [0.5, 0.6) is 0 Å². The number of carbonyl (C=O) groups excluding carboxylic acids is 2. The van der Waals surface area contributed by atoms with Gasteiger partial charge in [-0.2, -0.15) is 0 Å². The third-order valence-corrected chi connectivity index (χ3v) is 4.04. The third kappa shape index (κ3) is 6.06. The first-order valence-electron chi connectivity index (χ1n) is 7.85. The molecule has 0 unspecified atom stereocenters. The molecule has 1 amide bonds. The first-order chi connectivity index (χ1) is 13.0. The van der Waals surface area contributed by atoms with E-state index in [1.54, 1.807) is 6.92 Å². The van der Waals surface area contributed by atoms with Crippen LogP contribution in [0.4, 0.5) is 17.1 Å². The molecular formula is C17H17N3O7S. The van der Waals surface area contributed by atoms with Crippen LogP contribution in [0.1, 0.15) is 15.9 Å². The number of nitro groups is 1. The summed E-state index contributed by atoms with van der Waals surface area (Å²) in [4.78, 5) is 34.2. The molecule has 2 aromatic rings. The lowest BCUT2D eigenvalue weighted by Crippen LogP contribution is -2.21. The third-order valence-electron chi connectivity index (χ3n) is 3.43. The van der Waals surface area contributed by atoms with Gasteiger partial charge in [0, 0.05) is 23.5 Å². The normalized spacial score (nSPS) is 10.8. The molecule has 0 fully saturated rings. The average molecular weight is 407 g/mol. The molecule has 0 aliphatic carbocycles. The largest absolute Gasteiger partial charge is 0.452 e. The second kappa shape index (κ2) is 8.48. The Kier molecular flexibility index (Phi) is 6.31. The van der Waals surface area contributed by atoms with Crippen molar-refractivity contribution in [1.29, 1.82) is 0 Å². The Morgan fingerprint density at radius 1 is 1.18 bits per heavy atom. The number of anilines is 2. The summed E-state index contributed by atoms with van der Waals surface area (Å²) in [5.41, 5.74) is 0.972. The number of nitrogens with zero attached hydrogens (tertiary/aromatic N) is 1. The summed E-state index contributed by atoms with van der Waals surface area (Å²) < 4.78 is 29.6. The van der Waals surface area contributed by atoms with E-state index >= 15 is 0 Å². The fourth-order valence-electron chi connectivity index (χ4n) is 2.23. The summed E-state index contributed by atoms with van der Waals surface area (Å²) >= 11 is 0. The number of amides is 1. The van der Waals surface area contributed by atoms with Gasteiger partial charge < -0.3 is 10.1 Å². The number of non-ortho nitro benzene ring substituents is 1. The SMILES string of the molecule is Cc1cc([N+](=O)[O-])ccc1NC(=O)COC(=O)c1cccc(NS(C)(=O)=O)c1. The standard InChI is InChI=1S/C17H17N3O7S/c1-11-8-14(20(23)24)6-7-15(11)18-16(21)10-27-17(22)12-4-3-5-13(9-12)19-28(2,25)26/h3-9,19H,10H2,1-2H3,(H,18,21). The number of rotatable bonds is 7. The smallest absolute Gasteiger partial charge is 0.338 e. The number of hydrogen-bond acceptors (Lipinski definition) is 7. The van der Waals surface area contributed by atoms with Gasteiger partial charge in [0.15, 0.2) is 6.61 Å². The van der Waals surface area contributed by atoms with E-state index in [1.165, 1.54) is 42.5 Å². The van der Waals surface area contributed by atoms with Crippen molar-refractivity contribution < 1.29 is 27.7 Å². The van der Waals surface area contributed by atoms with E-state index in [4.69, 9.17) is 4.74 Å². The molecule has 10 nitrogen and oxygen atoms in total. The molecule has 148 valence electrons. The minimum atomic E-state index is -3.50. The summed E-state index contributed by atoms with van der Waals surface area (Å²) in [6.45, 7) is 1.01. The molecule has 0 saturated heterocycles. The average Bonchev–Trinajstić information content (AvgIpc) is 2.60. The molecule has 2 N–H and O–H groups in total. The van der Waals surface area contributed by atoms with E-state index in [9.17, 15) is 28.1 Å². The van der Waals surface area contributed by atoms with Crippen LogP contribution >= 0.6 is 0 Å². The highest BCUT2D eigenvalue weighted by atomic mass is 32.2. The molecule has 0 saturated carbocycles. The molecule has 0 radical (unpaired) electrons. The van der Waals surface area contributed by atoms with Crippen molar-refractivity contribution in [2.24, 2.45) is 0 Å². The lowest BCUT2D eigenvalue weighted by atomic mass is 10.2. The van der Waals surface area contributed by atoms with Crippen molar-refractivity contribution in [3.63, 3.8) is 0 Å². The van der Waals surface area contributed by atoms with Crippen LogP contribution in [0.15, 0.2) is 42.5 Å². The van der Waals surface area contributed by atoms with E-state index in [0.29, 0.717) is 11.3 Å². The van der Waals surface area contributed by atoms with E-state index in [2.05, 4.69) is 10.0 Å². The number of nitro benzene ring substituents is 1. The fourth-order valence-corrected chi connectivity index (χ4v) is 2.78. The summed E-state index contributed by atoms with van der Waals surface area (Å²) in [6.07, 6.45) is 0.975. The zero-order valence-corrected chi connectivity index (χ0v) is 15.8. The summed E-state index contributed by atoms with van der Waals surface area (Å²) in [5.74, 6) is -1.44. The van der Waals surface area contributed by atoms with Crippen LogP contribution in [0.25, 0.3) is 0 Å². The monoisotopic (exact) mass is 407 g/mol. The number of ether oxygens (including phenoxy) is 1. The zero-order chi connectivity index (χ0) is 20.9. The maximum atomic E-state index is 12.1. The van der Waals surface area contributed by atoms with Gasteiger partial charge in [-0.1, -0.05) is 6.07 Å². The molecular weight excluding hydrogens is 390 g/mol. The van der Waals surface area contributed by atoms with Gasteiger partial charge >= 0.3 is 5.97 Å². The summed E-state index contributed by atoms with van der Waals surface area (Å²) in [6, 6.07) is 9.55. The van der Waals surface area contributed by atoms with Crippen LogP contribution in [-0.4, -0.2) is 38.1 Å². The molecule has 28 heavy (non-hydrogen) atoms. The van der Waals surface area contributed by atoms with Crippen LogP contribution in [0, 0.1) is 17.0 Å². The second-order valence-electron chi connectivity index (χ2n) is 5.84. The maximum absolute atomic E-state index is 12.1. The maximum Gasteiger partial charge on any atom is 0.338 e. The molecule has 0 aliphatic heterocycles. The lowest BCUT2D eigenvalue weighted by molar-refractivity contribution is -0.384. The van der Waals surface area contributed by atoms with Crippen molar-refractivity contribution in [3.8, 4) is 0 Å². The number of hydrogen-bond donors (Lipinski definition) is 2. The van der Waals surface area contributed by atoms with Crippen molar-refractivity contribution in [3.05, 3.63) is 63.7 Å². The van der Waals surface area contributed by atoms with E-state index in [0.717, 1.165) is 6.26 Å². The van der Waals surface area contributed by atoms with Gasteiger partial charge in [-0.25, -0.2) is 13.2 Å². The van der Waals surface area contributed by atoms with Crippen LogP contribution in [0.2, 0.25) is 0 Å². The molecule has 0 bridgehead atoms. The van der Waals surface area contributed by atoms with Gasteiger partial charge in [-0.15, -0.1) is 0 Å². The minimum absolute atomic E-state index is 0.0629. The first-order valence-corrected chi connectivity index (χ1v) is 9.74. The predicted molar refractivity (Wildman–Crippen MR) is 102 cm³/mol. The fraction of sp³-hybridized carbons (Fsp3) is 0.176. The molecule has 2 aromatic carbocycles. The quantitative estimate of drug-likeness (QED) is 0.406. The van der Waals surface area contributed by atoms with Crippen LogP contribution < -0.4 is 10.0 Å². The number of sulfonamides is 1. The molecule has 0 atom stereocenters. The molecule has 0 spiro atoms. The van der Waals surface area contributed by atoms with Gasteiger partial charge in [-0.05, 0) is 36.8 Å². The highest BCUT2D eigenvalue weighted by Gasteiger charge is 2.14. The number of esters is 1. The Morgan fingerprint density at radius 3 is 2.50 bits per heavy atom. The van der Waals surface area contributed by atoms with Crippen LogP contribution in [0.3, 0.4) is 0 Å². The Balaban J connectivity index is 1.97. The Labute approximate surface area is 160 Å². The number of benzene rings is 2. The van der Waals surface area contributed by atoms with Gasteiger partial charge in [0.05, 0.1) is 16.7 Å².